The molecule has 0 aliphatic carbocycles. The van der Waals surface area contributed by atoms with Gasteiger partial charge in [-0.3, -0.25) is 4.90 Å². The fourth-order valence-electron chi connectivity index (χ4n) is 2.92. The van der Waals surface area contributed by atoms with Gasteiger partial charge in [0.25, 0.3) is 0 Å². The average molecular weight is 295 g/mol. The SMILES string of the molecule is CC(C)(C)c1nc(C2C(N)CCCN2C(C)(C)C)cs1. The Morgan fingerprint density at radius 1 is 1.25 bits per heavy atom. The number of hydrogen-bond donors (Lipinski definition) is 1. The van der Waals surface area contributed by atoms with Crippen LogP contribution in [0.15, 0.2) is 5.38 Å². The minimum Gasteiger partial charge on any atom is -0.326 e. The molecule has 1 aromatic heterocycles. The number of piperidine rings is 1. The highest BCUT2D eigenvalue weighted by atomic mass is 32.1. The number of likely N-dealkylation sites (tertiary alicyclic amines) is 1. The Morgan fingerprint density at radius 2 is 1.90 bits per heavy atom. The molecule has 4 heteroatoms. The number of hydrogen-bond acceptors (Lipinski definition) is 4. The van der Waals surface area contributed by atoms with Gasteiger partial charge in [-0.15, -0.1) is 11.3 Å². The van der Waals surface area contributed by atoms with Crippen LogP contribution in [0.2, 0.25) is 0 Å². The molecule has 0 aromatic carbocycles. The normalized spacial score (nSPS) is 25.9. The molecule has 2 atom stereocenters. The maximum atomic E-state index is 6.44. The summed E-state index contributed by atoms with van der Waals surface area (Å²) in [6.45, 7) is 14.6. The highest BCUT2D eigenvalue weighted by Gasteiger charge is 2.38. The van der Waals surface area contributed by atoms with Crippen molar-refractivity contribution in [3.63, 3.8) is 0 Å². The van der Waals surface area contributed by atoms with Crippen LogP contribution in [0.4, 0.5) is 0 Å². The van der Waals surface area contributed by atoms with Crippen LogP contribution in [0, 0.1) is 0 Å². The molecule has 114 valence electrons. The third-order valence-electron chi connectivity index (χ3n) is 4.01. The lowest BCUT2D eigenvalue weighted by molar-refractivity contribution is 0.0365. The molecule has 1 saturated heterocycles. The van der Waals surface area contributed by atoms with E-state index < -0.39 is 0 Å². The lowest BCUT2D eigenvalue weighted by Gasteiger charge is -2.46. The van der Waals surface area contributed by atoms with Crippen molar-refractivity contribution < 1.29 is 0 Å². The molecular formula is C16H29N3S. The second-order valence-electron chi connectivity index (χ2n) is 7.94. The van der Waals surface area contributed by atoms with E-state index in [1.165, 1.54) is 17.1 Å². The Morgan fingerprint density at radius 3 is 2.40 bits per heavy atom. The predicted octanol–water partition coefficient (Wildman–Crippen LogP) is 3.70. The first-order valence-electron chi connectivity index (χ1n) is 7.59. The molecule has 1 aromatic rings. The van der Waals surface area contributed by atoms with Crippen LogP contribution >= 0.6 is 11.3 Å². The van der Waals surface area contributed by atoms with Gasteiger partial charge in [-0.1, -0.05) is 20.8 Å². The first-order valence-corrected chi connectivity index (χ1v) is 8.47. The lowest BCUT2D eigenvalue weighted by atomic mass is 9.89. The van der Waals surface area contributed by atoms with Crippen LogP contribution in [-0.4, -0.2) is 28.0 Å². The van der Waals surface area contributed by atoms with Gasteiger partial charge in [0.1, 0.15) is 0 Å². The van der Waals surface area contributed by atoms with Crippen LogP contribution in [0.1, 0.15) is 71.1 Å². The molecule has 3 nitrogen and oxygen atoms in total. The van der Waals surface area contributed by atoms with Gasteiger partial charge in [0, 0.05) is 22.4 Å². The van der Waals surface area contributed by atoms with E-state index in [1.807, 2.05) is 0 Å². The molecule has 1 aliphatic rings. The van der Waals surface area contributed by atoms with E-state index in [4.69, 9.17) is 10.7 Å². The van der Waals surface area contributed by atoms with E-state index >= 15 is 0 Å². The molecule has 1 fully saturated rings. The van der Waals surface area contributed by atoms with Crippen molar-refractivity contribution in [1.29, 1.82) is 0 Å². The van der Waals surface area contributed by atoms with Gasteiger partial charge in [-0.05, 0) is 40.2 Å². The van der Waals surface area contributed by atoms with Gasteiger partial charge < -0.3 is 5.73 Å². The van der Waals surface area contributed by atoms with Crippen molar-refractivity contribution in [2.45, 2.75) is 77.4 Å². The highest BCUT2D eigenvalue weighted by Crippen LogP contribution is 2.37. The van der Waals surface area contributed by atoms with Gasteiger partial charge in [0.2, 0.25) is 0 Å². The Bertz CT molecular complexity index is 453. The summed E-state index contributed by atoms with van der Waals surface area (Å²) >= 11 is 1.77. The highest BCUT2D eigenvalue weighted by molar-refractivity contribution is 7.09. The van der Waals surface area contributed by atoms with E-state index in [9.17, 15) is 0 Å². The van der Waals surface area contributed by atoms with Gasteiger partial charge in [-0.25, -0.2) is 4.98 Å². The number of aromatic nitrogens is 1. The van der Waals surface area contributed by atoms with Crippen molar-refractivity contribution in [2.75, 3.05) is 6.54 Å². The number of thiazole rings is 1. The van der Waals surface area contributed by atoms with E-state index in [0.29, 0.717) is 0 Å². The molecule has 0 spiro atoms. The number of nitrogens with zero attached hydrogens (tertiary/aromatic N) is 2. The Hall–Kier alpha value is -0.450. The smallest absolute Gasteiger partial charge is 0.0982 e. The monoisotopic (exact) mass is 295 g/mol. The van der Waals surface area contributed by atoms with Crippen molar-refractivity contribution >= 4 is 11.3 Å². The number of nitrogens with two attached hydrogens (primary N) is 1. The number of rotatable bonds is 1. The zero-order valence-electron chi connectivity index (χ0n) is 13.7. The van der Waals surface area contributed by atoms with Crippen LogP contribution in [0.3, 0.4) is 0 Å². The molecular weight excluding hydrogens is 266 g/mol. The molecule has 20 heavy (non-hydrogen) atoms. The van der Waals surface area contributed by atoms with E-state index in [0.717, 1.165) is 13.0 Å². The first kappa shape index (κ1) is 15.9. The van der Waals surface area contributed by atoms with Crippen molar-refractivity contribution in [1.82, 2.24) is 9.88 Å². The topological polar surface area (TPSA) is 42.1 Å². The van der Waals surface area contributed by atoms with Crippen molar-refractivity contribution in [2.24, 2.45) is 5.73 Å². The van der Waals surface area contributed by atoms with Crippen LogP contribution in [-0.2, 0) is 5.41 Å². The summed E-state index contributed by atoms with van der Waals surface area (Å²) in [5, 5.41) is 3.42. The molecule has 0 radical (unpaired) electrons. The van der Waals surface area contributed by atoms with E-state index in [-0.39, 0.29) is 23.0 Å². The Balaban J connectivity index is 2.34. The second kappa shape index (κ2) is 5.39. The zero-order valence-corrected chi connectivity index (χ0v) is 14.5. The standard InChI is InChI=1S/C16H29N3S/c1-15(2,3)14-18-12(10-20-14)13-11(17)8-7-9-19(13)16(4,5)6/h10-11,13H,7-9,17H2,1-6H3. The Kier molecular flexibility index (Phi) is 4.30. The summed E-state index contributed by atoms with van der Waals surface area (Å²) < 4.78 is 0. The molecule has 2 unspecified atom stereocenters. The summed E-state index contributed by atoms with van der Waals surface area (Å²) in [5.74, 6) is 0. The van der Waals surface area contributed by atoms with Crippen LogP contribution < -0.4 is 5.73 Å². The molecule has 2 rings (SSSR count). The average Bonchev–Trinajstić information content (AvgIpc) is 2.76. The van der Waals surface area contributed by atoms with Crippen molar-refractivity contribution in [3.8, 4) is 0 Å². The molecule has 2 N–H and O–H groups in total. The van der Waals surface area contributed by atoms with Gasteiger partial charge in [0.15, 0.2) is 0 Å². The van der Waals surface area contributed by atoms with Crippen molar-refractivity contribution in [3.05, 3.63) is 16.1 Å². The third kappa shape index (κ3) is 3.23. The predicted molar refractivity (Wildman–Crippen MR) is 87.2 cm³/mol. The van der Waals surface area contributed by atoms with Crippen LogP contribution in [0.25, 0.3) is 0 Å². The third-order valence-corrected chi connectivity index (χ3v) is 5.29. The minimum absolute atomic E-state index is 0.119. The Labute approximate surface area is 127 Å². The summed E-state index contributed by atoms with van der Waals surface area (Å²) in [6, 6.07) is 0.453. The van der Waals surface area contributed by atoms with Gasteiger partial charge in [0.05, 0.1) is 16.7 Å². The van der Waals surface area contributed by atoms with Gasteiger partial charge in [-0.2, -0.15) is 0 Å². The largest absolute Gasteiger partial charge is 0.326 e. The quantitative estimate of drug-likeness (QED) is 0.859. The maximum absolute atomic E-state index is 6.44. The molecule has 0 amide bonds. The minimum atomic E-state index is 0.119. The maximum Gasteiger partial charge on any atom is 0.0982 e. The van der Waals surface area contributed by atoms with Crippen LogP contribution in [0.5, 0.6) is 0 Å². The first-order chi connectivity index (χ1) is 9.10. The zero-order chi connectivity index (χ0) is 15.1. The summed E-state index contributed by atoms with van der Waals surface area (Å²) in [5.41, 5.74) is 7.86. The fourth-order valence-corrected chi connectivity index (χ4v) is 3.86. The summed E-state index contributed by atoms with van der Waals surface area (Å²) in [4.78, 5) is 7.45. The summed E-state index contributed by atoms with van der Waals surface area (Å²) in [7, 11) is 0. The molecule has 0 saturated carbocycles. The lowest BCUT2D eigenvalue weighted by Crippen LogP contribution is -2.53. The second-order valence-corrected chi connectivity index (χ2v) is 8.80. The van der Waals surface area contributed by atoms with E-state index in [2.05, 4.69) is 51.8 Å². The van der Waals surface area contributed by atoms with Gasteiger partial charge >= 0.3 is 0 Å². The van der Waals surface area contributed by atoms with E-state index in [1.54, 1.807) is 11.3 Å². The summed E-state index contributed by atoms with van der Waals surface area (Å²) in [6.07, 6.45) is 2.28. The fraction of sp³-hybridized carbons (Fsp3) is 0.812. The molecule has 2 heterocycles. The molecule has 0 bridgehead atoms. The molecule has 1 aliphatic heterocycles.